The Balaban J connectivity index is 2.03. The van der Waals surface area contributed by atoms with E-state index in [1.54, 1.807) is 0 Å². The molecule has 4 nitrogen and oxygen atoms in total. The predicted octanol–water partition coefficient (Wildman–Crippen LogP) is 1.39. The van der Waals surface area contributed by atoms with Crippen LogP contribution in [-0.4, -0.2) is 34.0 Å². The number of aromatic nitrogens is 3. The van der Waals surface area contributed by atoms with Gasteiger partial charge in [0.15, 0.2) is 0 Å². The lowest BCUT2D eigenvalue weighted by Gasteiger charge is -2.04. The molecule has 2 aromatic rings. The highest BCUT2D eigenvalue weighted by Gasteiger charge is 2.02. The Morgan fingerprint density at radius 3 is 2.62 bits per heavy atom. The summed E-state index contributed by atoms with van der Waals surface area (Å²) in [7, 11) is 4.05. The first kappa shape index (κ1) is 10.8. The molecule has 0 aliphatic rings. The fraction of sp³-hybridized carbons (Fsp3) is 0.333. The molecule has 1 aromatic carbocycles. The molecule has 0 aliphatic heterocycles. The highest BCUT2D eigenvalue weighted by Crippen LogP contribution is 2.02. The maximum Gasteiger partial charge on any atom is 0.0967 e. The van der Waals surface area contributed by atoms with Crippen LogP contribution >= 0.6 is 0 Å². The van der Waals surface area contributed by atoms with Gasteiger partial charge in [-0.15, -0.1) is 5.10 Å². The monoisotopic (exact) mass is 216 g/mol. The summed E-state index contributed by atoms with van der Waals surface area (Å²) in [6, 6.07) is 10.3. The molecule has 0 radical (unpaired) electrons. The number of benzene rings is 1. The first-order valence-corrected chi connectivity index (χ1v) is 5.32. The van der Waals surface area contributed by atoms with Crippen LogP contribution in [0, 0.1) is 0 Å². The zero-order chi connectivity index (χ0) is 11.4. The summed E-state index contributed by atoms with van der Waals surface area (Å²) in [6.07, 6.45) is 1.99. The van der Waals surface area contributed by atoms with Gasteiger partial charge >= 0.3 is 0 Å². The summed E-state index contributed by atoms with van der Waals surface area (Å²) in [5.74, 6) is 0. The predicted molar refractivity (Wildman–Crippen MR) is 63.0 cm³/mol. The van der Waals surface area contributed by atoms with Gasteiger partial charge in [-0.1, -0.05) is 35.5 Å². The van der Waals surface area contributed by atoms with E-state index in [-0.39, 0.29) is 0 Å². The fourth-order valence-electron chi connectivity index (χ4n) is 1.58. The van der Waals surface area contributed by atoms with Gasteiger partial charge in [0.05, 0.1) is 18.4 Å². The van der Waals surface area contributed by atoms with Gasteiger partial charge in [-0.3, -0.25) is 0 Å². The van der Waals surface area contributed by atoms with Gasteiger partial charge in [0.2, 0.25) is 0 Å². The van der Waals surface area contributed by atoms with Crippen LogP contribution in [0.5, 0.6) is 0 Å². The zero-order valence-electron chi connectivity index (χ0n) is 9.67. The van der Waals surface area contributed by atoms with Crippen molar-refractivity contribution in [3.63, 3.8) is 0 Å². The number of rotatable bonds is 4. The SMILES string of the molecule is CN(C)Cc1cn(Cc2ccccc2)nn1. The lowest BCUT2D eigenvalue weighted by atomic mass is 10.2. The van der Waals surface area contributed by atoms with E-state index in [0.29, 0.717) is 0 Å². The first-order valence-electron chi connectivity index (χ1n) is 5.32. The molecule has 0 unspecified atom stereocenters. The van der Waals surface area contributed by atoms with Crippen molar-refractivity contribution in [1.29, 1.82) is 0 Å². The highest BCUT2D eigenvalue weighted by atomic mass is 15.4. The van der Waals surface area contributed by atoms with Crippen LogP contribution in [0.4, 0.5) is 0 Å². The third-order valence-electron chi connectivity index (χ3n) is 2.25. The summed E-state index contributed by atoms with van der Waals surface area (Å²) in [4.78, 5) is 2.08. The average molecular weight is 216 g/mol. The second-order valence-electron chi connectivity index (χ2n) is 4.13. The summed E-state index contributed by atoms with van der Waals surface area (Å²) in [5, 5.41) is 8.23. The molecule has 0 fully saturated rings. The molecule has 0 saturated carbocycles. The molecule has 0 aliphatic carbocycles. The Kier molecular flexibility index (Phi) is 3.31. The second kappa shape index (κ2) is 4.90. The number of hydrogen-bond acceptors (Lipinski definition) is 3. The third-order valence-corrected chi connectivity index (χ3v) is 2.25. The fourth-order valence-corrected chi connectivity index (χ4v) is 1.58. The minimum Gasteiger partial charge on any atom is -0.303 e. The van der Waals surface area contributed by atoms with Gasteiger partial charge in [0.25, 0.3) is 0 Å². The van der Waals surface area contributed by atoms with E-state index >= 15 is 0 Å². The van der Waals surface area contributed by atoms with Gasteiger partial charge < -0.3 is 4.90 Å². The molecular weight excluding hydrogens is 200 g/mol. The van der Waals surface area contributed by atoms with E-state index in [0.717, 1.165) is 18.8 Å². The van der Waals surface area contributed by atoms with Crippen LogP contribution < -0.4 is 0 Å². The normalized spacial score (nSPS) is 10.9. The van der Waals surface area contributed by atoms with Gasteiger partial charge in [-0.05, 0) is 19.7 Å². The number of hydrogen-bond donors (Lipinski definition) is 0. The van der Waals surface area contributed by atoms with Gasteiger partial charge in [-0.2, -0.15) is 0 Å². The van der Waals surface area contributed by atoms with Crippen molar-refractivity contribution in [2.45, 2.75) is 13.1 Å². The standard InChI is InChI=1S/C12H16N4/c1-15(2)9-12-10-16(14-13-12)8-11-6-4-3-5-7-11/h3-7,10H,8-9H2,1-2H3. The molecule has 16 heavy (non-hydrogen) atoms. The van der Waals surface area contributed by atoms with Gasteiger partial charge in [0.1, 0.15) is 0 Å². The second-order valence-corrected chi connectivity index (χ2v) is 4.13. The van der Waals surface area contributed by atoms with E-state index in [2.05, 4.69) is 27.3 Å². The Labute approximate surface area is 95.5 Å². The smallest absolute Gasteiger partial charge is 0.0967 e. The van der Waals surface area contributed by atoms with Crippen molar-refractivity contribution in [2.75, 3.05) is 14.1 Å². The van der Waals surface area contributed by atoms with Crippen molar-refractivity contribution in [3.8, 4) is 0 Å². The van der Waals surface area contributed by atoms with Crippen LogP contribution in [0.1, 0.15) is 11.3 Å². The van der Waals surface area contributed by atoms with E-state index in [1.165, 1.54) is 5.56 Å². The molecule has 2 rings (SSSR count). The summed E-state index contributed by atoms with van der Waals surface area (Å²) >= 11 is 0. The van der Waals surface area contributed by atoms with Gasteiger partial charge in [-0.25, -0.2) is 4.68 Å². The van der Waals surface area contributed by atoms with Crippen LogP contribution in [0.3, 0.4) is 0 Å². The molecule has 1 heterocycles. The van der Waals surface area contributed by atoms with Gasteiger partial charge in [0, 0.05) is 6.54 Å². The highest BCUT2D eigenvalue weighted by molar-refractivity contribution is 5.14. The van der Waals surface area contributed by atoms with Crippen LogP contribution in [0.25, 0.3) is 0 Å². The molecule has 1 aromatic heterocycles. The van der Waals surface area contributed by atoms with E-state index in [9.17, 15) is 0 Å². The topological polar surface area (TPSA) is 34.0 Å². The molecule has 0 atom stereocenters. The Morgan fingerprint density at radius 2 is 1.94 bits per heavy atom. The summed E-state index contributed by atoms with van der Waals surface area (Å²) in [6.45, 7) is 1.61. The summed E-state index contributed by atoms with van der Waals surface area (Å²) < 4.78 is 1.87. The average Bonchev–Trinajstić information content (AvgIpc) is 2.66. The van der Waals surface area contributed by atoms with E-state index in [1.807, 2.05) is 43.2 Å². The van der Waals surface area contributed by atoms with Crippen LogP contribution in [-0.2, 0) is 13.1 Å². The molecule has 84 valence electrons. The van der Waals surface area contributed by atoms with Crippen molar-refractivity contribution in [2.24, 2.45) is 0 Å². The van der Waals surface area contributed by atoms with Crippen molar-refractivity contribution >= 4 is 0 Å². The molecule has 0 N–H and O–H groups in total. The summed E-state index contributed by atoms with van der Waals surface area (Å²) in [5.41, 5.74) is 2.24. The van der Waals surface area contributed by atoms with Crippen molar-refractivity contribution in [1.82, 2.24) is 19.9 Å². The molecule has 0 bridgehead atoms. The lowest BCUT2D eigenvalue weighted by Crippen LogP contribution is -2.10. The maximum atomic E-state index is 4.12. The Bertz CT molecular complexity index is 433. The minimum atomic E-state index is 0.779. The maximum absolute atomic E-state index is 4.12. The Morgan fingerprint density at radius 1 is 1.19 bits per heavy atom. The van der Waals surface area contributed by atoms with E-state index in [4.69, 9.17) is 0 Å². The molecule has 4 heteroatoms. The first-order chi connectivity index (χ1) is 7.74. The quantitative estimate of drug-likeness (QED) is 0.774. The number of nitrogens with zero attached hydrogens (tertiary/aromatic N) is 4. The lowest BCUT2D eigenvalue weighted by molar-refractivity contribution is 0.396. The Hall–Kier alpha value is -1.68. The van der Waals surface area contributed by atoms with Crippen molar-refractivity contribution < 1.29 is 0 Å². The van der Waals surface area contributed by atoms with E-state index < -0.39 is 0 Å². The molecule has 0 amide bonds. The molecule has 0 saturated heterocycles. The molecular formula is C12H16N4. The molecule has 0 spiro atoms. The zero-order valence-corrected chi connectivity index (χ0v) is 9.67. The third kappa shape index (κ3) is 2.90. The minimum absolute atomic E-state index is 0.779. The van der Waals surface area contributed by atoms with Crippen LogP contribution in [0.2, 0.25) is 0 Å². The largest absolute Gasteiger partial charge is 0.303 e. The van der Waals surface area contributed by atoms with Crippen LogP contribution in [0.15, 0.2) is 36.5 Å². The van der Waals surface area contributed by atoms with Crippen molar-refractivity contribution in [3.05, 3.63) is 47.8 Å².